The first kappa shape index (κ1) is 18.5. The maximum Gasteiger partial charge on any atom is 0.267 e. The molecule has 4 aromatic rings. The lowest BCUT2D eigenvalue weighted by atomic mass is 10.1. The molecule has 146 valence electrons. The van der Waals surface area contributed by atoms with Gasteiger partial charge in [-0.1, -0.05) is 47.1 Å². The Kier molecular flexibility index (Phi) is 4.90. The molecule has 29 heavy (non-hydrogen) atoms. The highest BCUT2D eigenvalue weighted by molar-refractivity contribution is 5.88. The summed E-state index contributed by atoms with van der Waals surface area (Å²) in [7, 11) is 0. The molecule has 0 fully saturated rings. The second-order valence-electron chi connectivity index (χ2n) is 6.66. The van der Waals surface area contributed by atoms with Crippen molar-refractivity contribution in [3.05, 3.63) is 82.2 Å². The fourth-order valence-electron chi connectivity index (χ4n) is 2.94. The van der Waals surface area contributed by atoms with Crippen LogP contribution in [0.15, 0.2) is 64.2 Å². The number of hydrogen-bond acceptors (Lipinski definition) is 5. The standard InChI is InChI=1S/C21H17FN4O3/c1-13-5-7-14(8-6-13)10-23-17(27)11-26-12-24-20-18(21(26)28)19(25-29-20)15-3-2-4-16(22)9-15/h2-9,12H,10-11H2,1H3,(H,23,27). The Morgan fingerprint density at radius 3 is 2.76 bits per heavy atom. The van der Waals surface area contributed by atoms with Gasteiger partial charge in [-0.05, 0) is 24.6 Å². The predicted octanol–water partition coefficient (Wildman–Crippen LogP) is 2.82. The lowest BCUT2D eigenvalue weighted by Gasteiger charge is -2.07. The van der Waals surface area contributed by atoms with E-state index >= 15 is 0 Å². The van der Waals surface area contributed by atoms with Crippen LogP contribution in [0.2, 0.25) is 0 Å². The van der Waals surface area contributed by atoms with Crippen molar-refractivity contribution >= 4 is 17.0 Å². The van der Waals surface area contributed by atoms with Crippen molar-refractivity contribution in [2.24, 2.45) is 0 Å². The number of carbonyl (C=O) groups excluding carboxylic acids is 1. The maximum atomic E-state index is 13.5. The molecule has 2 aromatic carbocycles. The zero-order chi connectivity index (χ0) is 20.4. The molecule has 0 radical (unpaired) electrons. The van der Waals surface area contributed by atoms with Crippen LogP contribution < -0.4 is 10.9 Å². The number of carbonyl (C=O) groups is 1. The first-order chi connectivity index (χ1) is 14.0. The number of hydrogen-bond donors (Lipinski definition) is 1. The Morgan fingerprint density at radius 1 is 1.21 bits per heavy atom. The fraction of sp³-hybridized carbons (Fsp3) is 0.143. The maximum absolute atomic E-state index is 13.5. The summed E-state index contributed by atoms with van der Waals surface area (Å²) >= 11 is 0. The molecule has 0 aliphatic carbocycles. The summed E-state index contributed by atoms with van der Waals surface area (Å²) in [6.45, 7) is 2.13. The summed E-state index contributed by atoms with van der Waals surface area (Å²) in [4.78, 5) is 29.2. The van der Waals surface area contributed by atoms with Crippen LogP contribution in [0.5, 0.6) is 0 Å². The van der Waals surface area contributed by atoms with E-state index in [4.69, 9.17) is 4.52 Å². The van der Waals surface area contributed by atoms with Gasteiger partial charge in [0.1, 0.15) is 29.8 Å². The molecule has 7 nitrogen and oxygen atoms in total. The molecule has 8 heteroatoms. The van der Waals surface area contributed by atoms with E-state index in [1.54, 1.807) is 6.07 Å². The minimum Gasteiger partial charge on any atom is -0.350 e. The zero-order valence-electron chi connectivity index (χ0n) is 15.6. The number of aryl methyl sites for hydroxylation is 1. The molecule has 0 unspecified atom stereocenters. The molecular formula is C21H17FN4O3. The molecule has 0 bridgehead atoms. The van der Waals surface area contributed by atoms with Crippen molar-refractivity contribution < 1.29 is 13.7 Å². The van der Waals surface area contributed by atoms with Crippen LogP contribution in [0.25, 0.3) is 22.4 Å². The van der Waals surface area contributed by atoms with Crippen molar-refractivity contribution in [3.63, 3.8) is 0 Å². The summed E-state index contributed by atoms with van der Waals surface area (Å²) in [5.41, 5.74) is 2.22. The molecule has 1 amide bonds. The van der Waals surface area contributed by atoms with Gasteiger partial charge < -0.3 is 9.84 Å². The number of halogens is 1. The molecule has 0 atom stereocenters. The average molecular weight is 392 g/mol. The van der Waals surface area contributed by atoms with Crippen molar-refractivity contribution in [1.29, 1.82) is 0 Å². The third kappa shape index (κ3) is 3.91. The molecule has 2 aromatic heterocycles. The van der Waals surface area contributed by atoms with Gasteiger partial charge in [-0.15, -0.1) is 0 Å². The average Bonchev–Trinajstić information content (AvgIpc) is 3.15. The first-order valence-electron chi connectivity index (χ1n) is 8.94. The quantitative estimate of drug-likeness (QED) is 0.564. The van der Waals surface area contributed by atoms with Crippen LogP contribution in [0.3, 0.4) is 0 Å². The van der Waals surface area contributed by atoms with E-state index in [1.165, 1.54) is 29.1 Å². The van der Waals surface area contributed by atoms with Gasteiger partial charge in [-0.3, -0.25) is 14.2 Å². The highest BCUT2D eigenvalue weighted by Gasteiger charge is 2.18. The van der Waals surface area contributed by atoms with Crippen LogP contribution in [0.4, 0.5) is 4.39 Å². The summed E-state index contributed by atoms with van der Waals surface area (Å²) in [5.74, 6) is -0.795. The lowest BCUT2D eigenvalue weighted by molar-refractivity contribution is -0.121. The summed E-state index contributed by atoms with van der Waals surface area (Å²) < 4.78 is 19.8. The fourth-order valence-corrected chi connectivity index (χ4v) is 2.94. The third-order valence-electron chi connectivity index (χ3n) is 4.49. The summed E-state index contributed by atoms with van der Waals surface area (Å²) in [5, 5.41) is 6.73. The molecule has 0 saturated carbocycles. The second-order valence-corrected chi connectivity index (χ2v) is 6.66. The molecular weight excluding hydrogens is 375 g/mol. The lowest BCUT2D eigenvalue weighted by Crippen LogP contribution is -2.32. The van der Waals surface area contributed by atoms with Gasteiger partial charge in [0.2, 0.25) is 5.91 Å². The van der Waals surface area contributed by atoms with E-state index in [2.05, 4.69) is 15.5 Å². The number of nitrogens with one attached hydrogen (secondary N) is 1. The van der Waals surface area contributed by atoms with Gasteiger partial charge in [0.15, 0.2) is 0 Å². The number of benzene rings is 2. The summed E-state index contributed by atoms with van der Waals surface area (Å²) in [6.07, 6.45) is 1.23. The van der Waals surface area contributed by atoms with Gasteiger partial charge in [0.05, 0.1) is 0 Å². The zero-order valence-corrected chi connectivity index (χ0v) is 15.6. The van der Waals surface area contributed by atoms with E-state index in [0.29, 0.717) is 12.1 Å². The molecule has 1 N–H and O–H groups in total. The normalized spacial score (nSPS) is 11.0. The molecule has 0 aliphatic rings. The molecule has 0 saturated heterocycles. The highest BCUT2D eigenvalue weighted by Crippen LogP contribution is 2.24. The van der Waals surface area contributed by atoms with Gasteiger partial charge in [-0.2, -0.15) is 0 Å². The van der Waals surface area contributed by atoms with Crippen LogP contribution in [-0.2, 0) is 17.9 Å². The Labute approximate surface area is 164 Å². The van der Waals surface area contributed by atoms with E-state index in [1.807, 2.05) is 31.2 Å². The SMILES string of the molecule is Cc1ccc(CNC(=O)Cn2cnc3onc(-c4cccc(F)c4)c3c2=O)cc1. The monoisotopic (exact) mass is 392 g/mol. The highest BCUT2D eigenvalue weighted by atomic mass is 19.1. The van der Waals surface area contributed by atoms with Gasteiger partial charge in [-0.25, -0.2) is 9.37 Å². The number of rotatable bonds is 5. The van der Waals surface area contributed by atoms with Gasteiger partial charge >= 0.3 is 0 Å². The van der Waals surface area contributed by atoms with Crippen molar-refractivity contribution in [3.8, 4) is 11.3 Å². The third-order valence-corrected chi connectivity index (χ3v) is 4.49. The molecule has 0 spiro atoms. The molecule has 2 heterocycles. The topological polar surface area (TPSA) is 90.0 Å². The van der Waals surface area contributed by atoms with Crippen molar-refractivity contribution in [2.75, 3.05) is 0 Å². The molecule has 0 aliphatic heterocycles. The van der Waals surface area contributed by atoms with E-state index in [-0.39, 0.29) is 29.2 Å². The van der Waals surface area contributed by atoms with Gasteiger partial charge in [0, 0.05) is 12.1 Å². The van der Waals surface area contributed by atoms with Crippen LogP contribution in [0, 0.1) is 12.7 Å². The van der Waals surface area contributed by atoms with Crippen LogP contribution in [-0.4, -0.2) is 20.6 Å². The van der Waals surface area contributed by atoms with E-state index < -0.39 is 11.4 Å². The second kappa shape index (κ2) is 7.67. The minimum atomic E-state index is -0.485. The smallest absolute Gasteiger partial charge is 0.267 e. The number of nitrogens with zero attached hydrogens (tertiary/aromatic N) is 3. The molecule has 4 rings (SSSR count). The predicted molar refractivity (Wildman–Crippen MR) is 104 cm³/mol. The van der Waals surface area contributed by atoms with E-state index in [9.17, 15) is 14.0 Å². The number of amides is 1. The van der Waals surface area contributed by atoms with Gasteiger partial charge in [0.25, 0.3) is 11.3 Å². The van der Waals surface area contributed by atoms with Crippen molar-refractivity contribution in [1.82, 2.24) is 20.0 Å². The number of fused-ring (bicyclic) bond motifs is 1. The van der Waals surface area contributed by atoms with Crippen LogP contribution >= 0.6 is 0 Å². The Morgan fingerprint density at radius 2 is 2.00 bits per heavy atom. The summed E-state index contributed by atoms with van der Waals surface area (Å²) in [6, 6.07) is 13.5. The van der Waals surface area contributed by atoms with Crippen LogP contribution in [0.1, 0.15) is 11.1 Å². The Balaban J connectivity index is 1.57. The first-order valence-corrected chi connectivity index (χ1v) is 8.94. The largest absolute Gasteiger partial charge is 0.350 e. The number of aromatic nitrogens is 3. The Hall–Kier alpha value is -3.81. The van der Waals surface area contributed by atoms with E-state index in [0.717, 1.165) is 11.1 Å². The minimum absolute atomic E-state index is 0.0329. The van der Waals surface area contributed by atoms with Crippen molar-refractivity contribution in [2.45, 2.75) is 20.0 Å². The Bertz CT molecular complexity index is 1250.